The molecule has 1 aliphatic heterocycles. The highest BCUT2D eigenvalue weighted by Crippen LogP contribution is 2.20. The van der Waals surface area contributed by atoms with Crippen LogP contribution in [0, 0.1) is 0 Å². The third kappa shape index (κ3) is 3.00. The van der Waals surface area contributed by atoms with E-state index >= 15 is 0 Å². The first-order valence-corrected chi connectivity index (χ1v) is 6.72. The molecule has 2 rings (SSSR count). The van der Waals surface area contributed by atoms with Crippen molar-refractivity contribution in [1.29, 1.82) is 0 Å². The zero-order valence-electron chi connectivity index (χ0n) is 11.5. The summed E-state index contributed by atoms with van der Waals surface area (Å²) in [5.74, 6) is 1.04. The summed E-state index contributed by atoms with van der Waals surface area (Å²) in [6, 6.07) is 4.20. The lowest BCUT2D eigenvalue weighted by Gasteiger charge is -2.36. The maximum Gasteiger partial charge on any atom is 0.129 e. The number of anilines is 1. The number of nitrogens with two attached hydrogens (primary N) is 1. The standard InChI is InChI=1S/C14H23N3O/c1-4-13-5-12(7-15)6-14(16-13)17-8-10(2)18-11(3)9-17/h5-6,10-11H,4,7-9,15H2,1-3H3. The molecule has 2 atom stereocenters. The van der Waals surface area contributed by atoms with Crippen LogP contribution in [0.2, 0.25) is 0 Å². The maximum absolute atomic E-state index is 5.76. The molecule has 0 spiro atoms. The van der Waals surface area contributed by atoms with Gasteiger partial charge in [0, 0.05) is 25.3 Å². The Morgan fingerprint density at radius 3 is 2.56 bits per heavy atom. The van der Waals surface area contributed by atoms with Crippen molar-refractivity contribution in [3.8, 4) is 0 Å². The van der Waals surface area contributed by atoms with E-state index in [1.807, 2.05) is 0 Å². The molecule has 18 heavy (non-hydrogen) atoms. The first kappa shape index (κ1) is 13.3. The van der Waals surface area contributed by atoms with Gasteiger partial charge in [-0.3, -0.25) is 0 Å². The fraction of sp³-hybridized carbons (Fsp3) is 0.643. The summed E-state index contributed by atoms with van der Waals surface area (Å²) in [4.78, 5) is 7.01. The molecule has 2 heterocycles. The van der Waals surface area contributed by atoms with Gasteiger partial charge >= 0.3 is 0 Å². The molecule has 0 saturated carbocycles. The molecular weight excluding hydrogens is 226 g/mol. The van der Waals surface area contributed by atoms with Crippen molar-refractivity contribution in [2.24, 2.45) is 5.73 Å². The molecule has 0 radical (unpaired) electrons. The Bertz CT molecular complexity index is 376. The monoisotopic (exact) mass is 249 g/mol. The lowest BCUT2D eigenvalue weighted by molar-refractivity contribution is -0.00547. The van der Waals surface area contributed by atoms with Gasteiger partial charge in [0.1, 0.15) is 5.82 Å². The van der Waals surface area contributed by atoms with Gasteiger partial charge in [0.2, 0.25) is 0 Å². The number of morpholine rings is 1. The second-order valence-corrected chi connectivity index (χ2v) is 5.04. The molecule has 4 nitrogen and oxygen atoms in total. The van der Waals surface area contributed by atoms with E-state index in [0.717, 1.165) is 36.6 Å². The number of pyridine rings is 1. The van der Waals surface area contributed by atoms with Crippen LogP contribution < -0.4 is 10.6 Å². The smallest absolute Gasteiger partial charge is 0.129 e. The van der Waals surface area contributed by atoms with Crippen LogP contribution >= 0.6 is 0 Å². The quantitative estimate of drug-likeness (QED) is 0.886. The molecule has 100 valence electrons. The summed E-state index contributed by atoms with van der Waals surface area (Å²) >= 11 is 0. The van der Waals surface area contributed by atoms with Crippen LogP contribution in [-0.2, 0) is 17.7 Å². The van der Waals surface area contributed by atoms with Gasteiger partial charge in [-0.05, 0) is 38.0 Å². The normalized spacial score (nSPS) is 24.3. The van der Waals surface area contributed by atoms with Crippen LogP contribution in [0.4, 0.5) is 5.82 Å². The average molecular weight is 249 g/mol. The van der Waals surface area contributed by atoms with Gasteiger partial charge in [-0.2, -0.15) is 0 Å². The lowest BCUT2D eigenvalue weighted by Crippen LogP contribution is -2.46. The Hall–Kier alpha value is -1.13. The lowest BCUT2D eigenvalue weighted by atomic mass is 10.1. The van der Waals surface area contributed by atoms with E-state index in [2.05, 4.69) is 37.8 Å². The van der Waals surface area contributed by atoms with E-state index in [1.54, 1.807) is 0 Å². The Labute approximate surface area is 109 Å². The summed E-state index contributed by atoms with van der Waals surface area (Å²) in [7, 11) is 0. The Morgan fingerprint density at radius 1 is 1.33 bits per heavy atom. The van der Waals surface area contributed by atoms with Crippen LogP contribution in [0.25, 0.3) is 0 Å². The first-order chi connectivity index (χ1) is 8.62. The van der Waals surface area contributed by atoms with E-state index in [-0.39, 0.29) is 12.2 Å². The zero-order valence-corrected chi connectivity index (χ0v) is 11.5. The minimum atomic E-state index is 0.252. The van der Waals surface area contributed by atoms with Crippen molar-refractivity contribution in [2.75, 3.05) is 18.0 Å². The van der Waals surface area contributed by atoms with Gasteiger partial charge in [-0.1, -0.05) is 6.92 Å². The van der Waals surface area contributed by atoms with Gasteiger partial charge in [0.15, 0.2) is 0 Å². The predicted octanol–water partition coefficient (Wildman–Crippen LogP) is 1.72. The topological polar surface area (TPSA) is 51.4 Å². The maximum atomic E-state index is 5.76. The Kier molecular flexibility index (Phi) is 4.19. The van der Waals surface area contributed by atoms with Gasteiger partial charge in [0.25, 0.3) is 0 Å². The SMILES string of the molecule is CCc1cc(CN)cc(N2CC(C)OC(C)C2)n1. The third-order valence-corrected chi connectivity index (χ3v) is 3.27. The van der Waals surface area contributed by atoms with E-state index < -0.39 is 0 Å². The third-order valence-electron chi connectivity index (χ3n) is 3.27. The molecule has 1 aromatic heterocycles. The molecule has 0 bridgehead atoms. The van der Waals surface area contributed by atoms with Gasteiger partial charge in [0.05, 0.1) is 12.2 Å². The summed E-state index contributed by atoms with van der Waals surface area (Å²) in [5.41, 5.74) is 8.02. The highest BCUT2D eigenvalue weighted by molar-refractivity contribution is 5.43. The van der Waals surface area contributed by atoms with Crippen molar-refractivity contribution < 1.29 is 4.74 Å². The molecule has 1 saturated heterocycles. The minimum Gasteiger partial charge on any atom is -0.372 e. The number of rotatable bonds is 3. The highest BCUT2D eigenvalue weighted by Gasteiger charge is 2.23. The van der Waals surface area contributed by atoms with Gasteiger partial charge in [-0.15, -0.1) is 0 Å². The van der Waals surface area contributed by atoms with Crippen LogP contribution in [0.5, 0.6) is 0 Å². The van der Waals surface area contributed by atoms with E-state index in [9.17, 15) is 0 Å². The van der Waals surface area contributed by atoms with E-state index in [4.69, 9.17) is 15.5 Å². The molecule has 0 amide bonds. The summed E-state index contributed by atoms with van der Waals surface area (Å²) < 4.78 is 5.76. The molecule has 2 N–H and O–H groups in total. The predicted molar refractivity (Wildman–Crippen MR) is 73.7 cm³/mol. The summed E-state index contributed by atoms with van der Waals surface area (Å²) in [5, 5.41) is 0. The summed E-state index contributed by atoms with van der Waals surface area (Å²) in [6.45, 7) is 8.70. The molecule has 2 unspecified atom stereocenters. The second-order valence-electron chi connectivity index (χ2n) is 5.04. The molecule has 0 aromatic carbocycles. The average Bonchev–Trinajstić information content (AvgIpc) is 2.37. The van der Waals surface area contributed by atoms with Crippen LogP contribution in [0.1, 0.15) is 32.0 Å². The largest absolute Gasteiger partial charge is 0.372 e. The molecule has 1 aliphatic rings. The first-order valence-electron chi connectivity index (χ1n) is 6.72. The minimum absolute atomic E-state index is 0.252. The molecule has 4 heteroatoms. The Morgan fingerprint density at radius 2 is 2.00 bits per heavy atom. The van der Waals surface area contributed by atoms with Crippen molar-refractivity contribution in [3.63, 3.8) is 0 Å². The highest BCUT2D eigenvalue weighted by atomic mass is 16.5. The number of ether oxygens (including phenoxy) is 1. The van der Waals surface area contributed by atoms with Gasteiger partial charge in [-0.25, -0.2) is 4.98 Å². The van der Waals surface area contributed by atoms with Crippen LogP contribution in [0.3, 0.4) is 0 Å². The molecule has 1 fully saturated rings. The number of aromatic nitrogens is 1. The summed E-state index contributed by atoms with van der Waals surface area (Å²) in [6.07, 6.45) is 1.44. The molecular formula is C14H23N3O. The van der Waals surface area contributed by atoms with Crippen molar-refractivity contribution >= 4 is 5.82 Å². The van der Waals surface area contributed by atoms with Crippen molar-refractivity contribution in [2.45, 2.75) is 45.9 Å². The second kappa shape index (κ2) is 5.67. The van der Waals surface area contributed by atoms with Crippen LogP contribution in [-0.4, -0.2) is 30.3 Å². The number of hydrogen-bond donors (Lipinski definition) is 1. The zero-order chi connectivity index (χ0) is 13.1. The van der Waals surface area contributed by atoms with E-state index in [0.29, 0.717) is 6.54 Å². The van der Waals surface area contributed by atoms with Crippen molar-refractivity contribution in [3.05, 3.63) is 23.4 Å². The van der Waals surface area contributed by atoms with Gasteiger partial charge < -0.3 is 15.4 Å². The number of nitrogens with zero attached hydrogens (tertiary/aromatic N) is 2. The van der Waals surface area contributed by atoms with Crippen LogP contribution in [0.15, 0.2) is 12.1 Å². The fourth-order valence-corrected chi connectivity index (χ4v) is 2.46. The van der Waals surface area contributed by atoms with Crippen molar-refractivity contribution in [1.82, 2.24) is 4.98 Å². The van der Waals surface area contributed by atoms with E-state index in [1.165, 1.54) is 0 Å². The number of hydrogen-bond acceptors (Lipinski definition) is 4. The molecule has 0 aliphatic carbocycles. The Balaban J connectivity index is 2.25. The fourth-order valence-electron chi connectivity index (χ4n) is 2.46. The number of aryl methyl sites for hydroxylation is 1. The molecule has 1 aromatic rings.